The van der Waals surface area contributed by atoms with E-state index in [1.807, 2.05) is 49.4 Å². The third-order valence-corrected chi connectivity index (χ3v) is 7.47. The molecule has 0 aliphatic carbocycles. The van der Waals surface area contributed by atoms with Crippen molar-refractivity contribution in [3.05, 3.63) is 66.2 Å². The predicted octanol–water partition coefficient (Wildman–Crippen LogP) is 3.84. The molecule has 1 heterocycles. The maximum Gasteiger partial charge on any atom is 0.268 e. The van der Waals surface area contributed by atoms with Crippen LogP contribution in [0.15, 0.2) is 65.6 Å². The summed E-state index contributed by atoms with van der Waals surface area (Å²) in [7, 11) is -0.496. The quantitative estimate of drug-likeness (QED) is 0.587. The number of carbonyl (C=O) groups excluding carboxylic acids is 1. The summed E-state index contributed by atoms with van der Waals surface area (Å²) in [6.45, 7) is 2.44. The average molecular weight is 439 g/mol. The summed E-state index contributed by atoms with van der Waals surface area (Å²) in [5.74, 6) is 0.572. The number of rotatable bonds is 6. The van der Waals surface area contributed by atoms with Crippen molar-refractivity contribution < 1.29 is 17.9 Å². The van der Waals surface area contributed by atoms with Crippen molar-refractivity contribution in [1.82, 2.24) is 4.31 Å². The van der Waals surface area contributed by atoms with Gasteiger partial charge >= 0.3 is 0 Å². The minimum atomic E-state index is -3.51. The number of amides is 1. The fraction of sp³-hybridized carbons (Fsp3) is 0.292. The summed E-state index contributed by atoms with van der Waals surface area (Å²) in [6, 6.07) is 18.7. The SMILES string of the molecule is CC[C@H](Oc1cccc2ccccc12)C(=O)N1CCc2cc(S(=O)(=O)N(C)C)ccc21. The lowest BCUT2D eigenvalue weighted by Crippen LogP contribution is -2.41. The molecule has 0 N–H and O–H groups in total. The van der Waals surface area contributed by atoms with Gasteiger partial charge in [-0.25, -0.2) is 12.7 Å². The van der Waals surface area contributed by atoms with E-state index in [0.29, 0.717) is 25.1 Å². The van der Waals surface area contributed by atoms with Gasteiger partial charge in [0, 0.05) is 31.7 Å². The molecule has 3 aromatic rings. The van der Waals surface area contributed by atoms with Crippen LogP contribution in [0.3, 0.4) is 0 Å². The van der Waals surface area contributed by atoms with Gasteiger partial charge < -0.3 is 9.64 Å². The molecule has 0 saturated heterocycles. The largest absolute Gasteiger partial charge is 0.480 e. The standard InChI is InChI=1S/C24H26N2O4S/c1-4-22(30-23-11-7-9-17-8-5-6-10-20(17)23)24(27)26-15-14-18-16-19(12-13-21(18)26)31(28,29)25(2)3/h5-13,16,22H,4,14-15H2,1-3H3/t22-/m0/s1. The highest BCUT2D eigenvalue weighted by atomic mass is 32.2. The Bertz CT molecular complexity index is 1230. The summed E-state index contributed by atoms with van der Waals surface area (Å²) < 4.78 is 32.2. The van der Waals surface area contributed by atoms with Crippen molar-refractivity contribution in [2.75, 3.05) is 25.5 Å². The number of ether oxygens (including phenoxy) is 1. The molecular weight excluding hydrogens is 412 g/mol. The maximum atomic E-state index is 13.3. The van der Waals surface area contributed by atoms with E-state index in [2.05, 4.69) is 0 Å². The molecule has 0 radical (unpaired) electrons. The van der Waals surface area contributed by atoms with Crippen LogP contribution in [0.25, 0.3) is 10.8 Å². The van der Waals surface area contributed by atoms with Crippen LogP contribution in [0.2, 0.25) is 0 Å². The van der Waals surface area contributed by atoms with Crippen LogP contribution in [-0.4, -0.2) is 45.4 Å². The zero-order valence-corrected chi connectivity index (χ0v) is 18.7. The molecule has 1 aliphatic rings. The van der Waals surface area contributed by atoms with Crippen molar-refractivity contribution in [3.8, 4) is 5.75 Å². The Labute approximate surface area is 183 Å². The van der Waals surface area contributed by atoms with Crippen LogP contribution in [-0.2, 0) is 21.2 Å². The molecular formula is C24H26N2O4S. The third-order valence-electron chi connectivity index (χ3n) is 5.66. The predicted molar refractivity (Wildman–Crippen MR) is 122 cm³/mol. The number of benzene rings is 3. The first-order valence-corrected chi connectivity index (χ1v) is 11.8. The normalized spacial score (nSPS) is 14.6. The summed E-state index contributed by atoms with van der Waals surface area (Å²) >= 11 is 0. The van der Waals surface area contributed by atoms with Gasteiger partial charge in [0.15, 0.2) is 6.10 Å². The number of carbonyl (C=O) groups is 1. The fourth-order valence-electron chi connectivity index (χ4n) is 3.91. The maximum absolute atomic E-state index is 13.3. The highest BCUT2D eigenvalue weighted by Crippen LogP contribution is 2.33. The number of sulfonamides is 1. The zero-order valence-electron chi connectivity index (χ0n) is 17.9. The highest BCUT2D eigenvalue weighted by molar-refractivity contribution is 7.89. The first kappa shape index (κ1) is 21.3. The minimum absolute atomic E-state index is 0.114. The number of nitrogens with zero attached hydrogens (tertiary/aromatic N) is 2. The van der Waals surface area contributed by atoms with Gasteiger partial charge in [-0.2, -0.15) is 0 Å². The number of hydrogen-bond donors (Lipinski definition) is 0. The molecule has 7 heteroatoms. The lowest BCUT2D eigenvalue weighted by Gasteiger charge is -2.25. The van der Waals surface area contributed by atoms with Gasteiger partial charge in [0.1, 0.15) is 5.75 Å². The van der Waals surface area contributed by atoms with Crippen molar-refractivity contribution in [2.24, 2.45) is 0 Å². The van der Waals surface area contributed by atoms with Crippen LogP contribution in [0.4, 0.5) is 5.69 Å². The van der Waals surface area contributed by atoms with Crippen LogP contribution < -0.4 is 9.64 Å². The first-order chi connectivity index (χ1) is 14.8. The summed E-state index contributed by atoms with van der Waals surface area (Å²) in [4.78, 5) is 15.3. The van der Waals surface area contributed by atoms with E-state index in [4.69, 9.17) is 4.74 Å². The zero-order chi connectivity index (χ0) is 22.2. The molecule has 1 amide bonds. The second-order valence-corrected chi connectivity index (χ2v) is 9.96. The van der Waals surface area contributed by atoms with E-state index >= 15 is 0 Å². The Hall–Kier alpha value is -2.90. The van der Waals surface area contributed by atoms with E-state index in [1.54, 1.807) is 23.1 Å². The number of fused-ring (bicyclic) bond motifs is 2. The lowest BCUT2D eigenvalue weighted by molar-refractivity contribution is -0.125. The van der Waals surface area contributed by atoms with E-state index in [1.165, 1.54) is 18.4 Å². The Morgan fingerprint density at radius 3 is 2.58 bits per heavy atom. The smallest absolute Gasteiger partial charge is 0.268 e. The third kappa shape index (κ3) is 3.91. The van der Waals surface area contributed by atoms with Gasteiger partial charge in [-0.05, 0) is 48.1 Å². The molecule has 0 spiro atoms. The second kappa shape index (κ2) is 8.32. The second-order valence-electron chi connectivity index (χ2n) is 7.81. The average Bonchev–Trinajstić information content (AvgIpc) is 3.20. The van der Waals surface area contributed by atoms with Gasteiger partial charge in [0.2, 0.25) is 10.0 Å². The number of anilines is 1. The Balaban J connectivity index is 1.60. The summed E-state index contributed by atoms with van der Waals surface area (Å²) in [5.41, 5.74) is 1.61. The molecule has 6 nitrogen and oxygen atoms in total. The Kier molecular flexibility index (Phi) is 5.73. The molecule has 1 aliphatic heterocycles. The van der Waals surface area contributed by atoms with Crippen LogP contribution >= 0.6 is 0 Å². The van der Waals surface area contributed by atoms with Crippen molar-refractivity contribution >= 4 is 32.4 Å². The molecule has 0 fully saturated rings. The van der Waals surface area contributed by atoms with Crippen LogP contribution in [0.1, 0.15) is 18.9 Å². The molecule has 0 unspecified atom stereocenters. The monoisotopic (exact) mass is 438 g/mol. The minimum Gasteiger partial charge on any atom is -0.480 e. The van der Waals surface area contributed by atoms with Crippen LogP contribution in [0, 0.1) is 0 Å². The molecule has 0 aromatic heterocycles. The first-order valence-electron chi connectivity index (χ1n) is 10.3. The van der Waals surface area contributed by atoms with Gasteiger partial charge in [0.05, 0.1) is 4.90 Å². The van der Waals surface area contributed by atoms with Crippen LogP contribution in [0.5, 0.6) is 5.75 Å². The lowest BCUT2D eigenvalue weighted by atomic mass is 10.1. The summed E-state index contributed by atoms with van der Waals surface area (Å²) in [5, 5.41) is 2.03. The van der Waals surface area contributed by atoms with Crippen molar-refractivity contribution in [2.45, 2.75) is 30.8 Å². The molecule has 162 valence electrons. The van der Waals surface area contributed by atoms with Gasteiger partial charge in [-0.3, -0.25) is 4.79 Å². The van der Waals surface area contributed by atoms with Gasteiger partial charge in [0.25, 0.3) is 5.91 Å². The fourth-order valence-corrected chi connectivity index (χ4v) is 4.87. The van der Waals surface area contributed by atoms with Crippen molar-refractivity contribution in [3.63, 3.8) is 0 Å². The molecule has 3 aromatic carbocycles. The molecule has 0 bridgehead atoms. The number of hydrogen-bond acceptors (Lipinski definition) is 4. The van der Waals surface area contributed by atoms with E-state index in [0.717, 1.165) is 22.0 Å². The molecule has 0 saturated carbocycles. The van der Waals surface area contributed by atoms with E-state index < -0.39 is 16.1 Å². The topological polar surface area (TPSA) is 66.9 Å². The van der Waals surface area contributed by atoms with Gasteiger partial charge in [-0.15, -0.1) is 0 Å². The molecule has 1 atom stereocenters. The molecule has 31 heavy (non-hydrogen) atoms. The Morgan fingerprint density at radius 1 is 1.10 bits per heavy atom. The summed E-state index contributed by atoms with van der Waals surface area (Å²) in [6.07, 6.45) is 0.519. The van der Waals surface area contributed by atoms with E-state index in [9.17, 15) is 13.2 Å². The van der Waals surface area contributed by atoms with E-state index in [-0.39, 0.29) is 10.8 Å². The van der Waals surface area contributed by atoms with Crippen molar-refractivity contribution in [1.29, 1.82) is 0 Å². The Morgan fingerprint density at radius 2 is 1.84 bits per heavy atom. The van der Waals surface area contributed by atoms with Gasteiger partial charge in [-0.1, -0.05) is 43.3 Å². The highest BCUT2D eigenvalue weighted by Gasteiger charge is 2.32. The molecule has 4 rings (SSSR count).